The van der Waals surface area contributed by atoms with Gasteiger partial charge in [-0.2, -0.15) is 0 Å². The minimum absolute atomic E-state index is 0.141. The van der Waals surface area contributed by atoms with Crippen molar-refractivity contribution in [2.75, 3.05) is 37.9 Å². The molecule has 0 spiro atoms. The predicted octanol–water partition coefficient (Wildman–Crippen LogP) is 4.36. The second kappa shape index (κ2) is 8.68. The number of benzene rings is 1. The summed E-state index contributed by atoms with van der Waals surface area (Å²) in [6.07, 6.45) is 0.600. The maximum absolute atomic E-state index is 13.9. The van der Waals surface area contributed by atoms with Gasteiger partial charge in [-0.15, -0.1) is 23.2 Å². The lowest BCUT2D eigenvalue weighted by Crippen LogP contribution is -2.40. The maximum Gasteiger partial charge on any atom is 0.346 e. The SMILES string of the molecule is [2H]C([2H])(CCl)N(C([2H])([2H])CCl)P1(=O)OCCCN1C(C)c1ccccc1. The fraction of sp³-hybridized carbons (Fsp3) is 0.600. The number of halogens is 2. The minimum Gasteiger partial charge on any atom is -0.306 e. The second-order valence-electron chi connectivity index (χ2n) is 4.82. The van der Waals surface area contributed by atoms with Gasteiger partial charge >= 0.3 is 7.67 Å². The van der Waals surface area contributed by atoms with E-state index < -0.39 is 32.4 Å². The van der Waals surface area contributed by atoms with Crippen LogP contribution in [0.3, 0.4) is 0 Å². The van der Waals surface area contributed by atoms with Crippen molar-refractivity contribution in [2.24, 2.45) is 0 Å². The van der Waals surface area contributed by atoms with Crippen molar-refractivity contribution in [3.63, 3.8) is 0 Å². The van der Waals surface area contributed by atoms with Crippen LogP contribution in [0.4, 0.5) is 0 Å². The Morgan fingerprint density at radius 1 is 1.36 bits per heavy atom. The standard InChI is InChI=1S/C15H23Cl2N2O2P/c1-14(15-6-3-2-4-7-15)19-10-5-13-21-22(19,20)18(11-8-16)12-9-17/h2-4,6-7,14H,5,8-13H2,1H3/i11D2,12D2. The van der Waals surface area contributed by atoms with Crippen molar-refractivity contribution in [1.82, 2.24) is 9.34 Å². The fourth-order valence-electron chi connectivity index (χ4n) is 2.45. The van der Waals surface area contributed by atoms with E-state index in [1.54, 1.807) is 0 Å². The normalized spacial score (nSPS) is 28.5. The molecule has 0 aromatic heterocycles. The van der Waals surface area contributed by atoms with Gasteiger partial charge in [0.25, 0.3) is 0 Å². The number of rotatable bonds is 7. The maximum atomic E-state index is 13.9. The lowest BCUT2D eigenvalue weighted by Gasteiger charge is -2.43. The lowest BCUT2D eigenvalue weighted by molar-refractivity contribution is 0.148. The molecule has 1 heterocycles. The molecule has 4 nitrogen and oxygen atoms in total. The molecule has 0 bridgehead atoms. The van der Waals surface area contributed by atoms with Gasteiger partial charge in [-0.1, -0.05) is 30.3 Å². The summed E-state index contributed by atoms with van der Waals surface area (Å²) in [5.41, 5.74) is 0.871. The third-order valence-corrected chi connectivity index (χ3v) is 6.26. The molecule has 1 aromatic rings. The molecule has 1 aliphatic heterocycles. The van der Waals surface area contributed by atoms with Gasteiger partial charge < -0.3 is 4.52 Å². The van der Waals surface area contributed by atoms with Crippen LogP contribution in [0.1, 0.15) is 30.4 Å². The smallest absolute Gasteiger partial charge is 0.306 e. The van der Waals surface area contributed by atoms with Gasteiger partial charge in [-0.3, -0.25) is 4.57 Å². The van der Waals surface area contributed by atoms with E-state index in [1.165, 1.54) is 4.67 Å². The number of hydrogen-bond donors (Lipinski definition) is 0. The summed E-state index contributed by atoms with van der Waals surface area (Å²) in [4.78, 5) is 0. The molecule has 0 aliphatic carbocycles. The Morgan fingerprint density at radius 3 is 2.59 bits per heavy atom. The van der Waals surface area contributed by atoms with Gasteiger partial charge in [-0.25, -0.2) is 9.34 Å². The average Bonchev–Trinajstić information content (AvgIpc) is 2.61. The van der Waals surface area contributed by atoms with Gasteiger partial charge in [0.2, 0.25) is 0 Å². The molecular formula is C15H23Cl2N2O2P. The van der Waals surface area contributed by atoms with Crippen LogP contribution in [0.5, 0.6) is 0 Å². The van der Waals surface area contributed by atoms with E-state index in [2.05, 4.69) is 0 Å². The number of alkyl halides is 2. The summed E-state index contributed by atoms with van der Waals surface area (Å²) in [5, 5.41) is 0. The highest BCUT2D eigenvalue weighted by atomic mass is 35.5. The molecule has 0 amide bonds. The molecule has 2 unspecified atom stereocenters. The van der Waals surface area contributed by atoms with Crippen molar-refractivity contribution >= 4 is 30.9 Å². The minimum atomic E-state index is -4.08. The Morgan fingerprint density at radius 2 is 2.00 bits per heavy atom. The van der Waals surface area contributed by atoms with Crippen LogP contribution in [0, 0.1) is 0 Å². The first-order valence-corrected chi connectivity index (χ1v) is 9.69. The Kier molecular flexibility index (Phi) is 5.22. The Bertz CT molecular complexity index is 638. The van der Waals surface area contributed by atoms with Crippen LogP contribution >= 0.6 is 30.9 Å². The van der Waals surface area contributed by atoms with E-state index in [0.29, 0.717) is 17.6 Å². The van der Waals surface area contributed by atoms with Crippen molar-refractivity contribution in [3.05, 3.63) is 35.9 Å². The highest BCUT2D eigenvalue weighted by Gasteiger charge is 2.43. The van der Waals surface area contributed by atoms with Gasteiger partial charge in [-0.05, 0) is 18.9 Å². The molecule has 0 saturated carbocycles. The molecule has 22 heavy (non-hydrogen) atoms. The van der Waals surface area contributed by atoms with E-state index in [1.807, 2.05) is 37.3 Å². The molecule has 1 aromatic carbocycles. The summed E-state index contributed by atoms with van der Waals surface area (Å²) < 4.78 is 54.3. The van der Waals surface area contributed by atoms with E-state index in [9.17, 15) is 4.57 Å². The summed E-state index contributed by atoms with van der Waals surface area (Å²) >= 11 is 11.5. The monoisotopic (exact) mass is 368 g/mol. The van der Waals surface area contributed by atoms with Gasteiger partial charge in [0.1, 0.15) is 0 Å². The van der Waals surface area contributed by atoms with E-state index in [0.717, 1.165) is 5.56 Å². The summed E-state index contributed by atoms with van der Waals surface area (Å²) in [7, 11) is -4.08. The van der Waals surface area contributed by atoms with Crippen molar-refractivity contribution in [3.8, 4) is 0 Å². The Hall–Kier alpha value is -0.0900. The zero-order valence-electron chi connectivity index (χ0n) is 16.4. The van der Waals surface area contributed by atoms with E-state index >= 15 is 0 Å². The van der Waals surface area contributed by atoms with Gasteiger partial charge in [0, 0.05) is 42.8 Å². The van der Waals surface area contributed by atoms with Crippen LogP contribution in [0.2, 0.25) is 0 Å². The highest BCUT2D eigenvalue weighted by Crippen LogP contribution is 2.59. The average molecular weight is 369 g/mol. The van der Waals surface area contributed by atoms with Crippen LogP contribution in [-0.4, -0.2) is 47.2 Å². The van der Waals surface area contributed by atoms with Gasteiger partial charge in [0.05, 0.1) is 6.61 Å². The van der Waals surface area contributed by atoms with Crippen LogP contribution in [-0.2, 0) is 9.09 Å². The molecule has 1 saturated heterocycles. The third-order valence-electron chi connectivity index (χ3n) is 3.52. The molecule has 2 rings (SSSR count). The first-order chi connectivity index (χ1) is 12.1. The summed E-state index contributed by atoms with van der Waals surface area (Å²) in [6.45, 7) is -2.48. The highest BCUT2D eigenvalue weighted by molar-refractivity contribution is 7.54. The quantitative estimate of drug-likeness (QED) is 0.528. The lowest BCUT2D eigenvalue weighted by atomic mass is 10.1. The number of hydrogen-bond acceptors (Lipinski definition) is 2. The number of nitrogens with zero attached hydrogens (tertiary/aromatic N) is 2. The van der Waals surface area contributed by atoms with Crippen LogP contribution < -0.4 is 0 Å². The Balaban J connectivity index is 2.53. The second-order valence-corrected chi connectivity index (χ2v) is 7.51. The van der Waals surface area contributed by atoms with E-state index in [-0.39, 0.29) is 12.6 Å². The topological polar surface area (TPSA) is 32.8 Å². The molecule has 1 aliphatic rings. The van der Waals surface area contributed by atoms with Crippen molar-refractivity contribution in [2.45, 2.75) is 19.4 Å². The first kappa shape index (κ1) is 13.2. The summed E-state index contributed by atoms with van der Waals surface area (Å²) in [5.74, 6) is -1.16. The molecule has 7 heteroatoms. The van der Waals surface area contributed by atoms with E-state index in [4.69, 9.17) is 33.2 Å². The Labute approximate surface area is 148 Å². The zero-order valence-corrected chi connectivity index (χ0v) is 14.8. The third kappa shape index (κ3) is 4.05. The summed E-state index contributed by atoms with van der Waals surface area (Å²) in [6, 6.07) is 8.96. The molecule has 0 radical (unpaired) electrons. The molecule has 1 fully saturated rings. The van der Waals surface area contributed by atoms with Crippen molar-refractivity contribution < 1.29 is 14.6 Å². The van der Waals surface area contributed by atoms with Crippen molar-refractivity contribution in [1.29, 1.82) is 0 Å². The predicted molar refractivity (Wildman–Crippen MR) is 92.8 cm³/mol. The molecule has 124 valence electrons. The fourth-order valence-corrected chi connectivity index (χ4v) is 5.18. The van der Waals surface area contributed by atoms with Crippen LogP contribution in [0.15, 0.2) is 30.3 Å². The largest absolute Gasteiger partial charge is 0.346 e. The first-order valence-electron chi connectivity index (χ1n) is 9.09. The molecule has 0 N–H and O–H groups in total. The van der Waals surface area contributed by atoms with Crippen LogP contribution in [0.25, 0.3) is 0 Å². The molecule has 2 atom stereocenters. The zero-order chi connectivity index (χ0) is 19.6. The van der Waals surface area contributed by atoms with Gasteiger partial charge in [0.15, 0.2) is 0 Å². The molecular weight excluding hydrogens is 342 g/mol.